The van der Waals surface area contributed by atoms with Gasteiger partial charge in [0.05, 0.1) is 6.33 Å². The maximum Gasteiger partial charge on any atom is 0.407 e. The van der Waals surface area contributed by atoms with E-state index >= 15 is 0 Å². The number of hydrogen-bond acceptors (Lipinski definition) is 3. The third-order valence-corrected chi connectivity index (χ3v) is 3.13. The first kappa shape index (κ1) is 22.4. The highest BCUT2D eigenvalue weighted by Gasteiger charge is 2.16. The van der Waals surface area contributed by atoms with Crippen LogP contribution in [0.25, 0.3) is 6.08 Å². The molecule has 27 heavy (non-hydrogen) atoms. The zero-order valence-electron chi connectivity index (χ0n) is 16.9. The second-order valence-electron chi connectivity index (χ2n) is 8.20. The Hall–Kier alpha value is -2.63. The summed E-state index contributed by atoms with van der Waals surface area (Å²) in [6.07, 6.45) is 3.08. The van der Waals surface area contributed by atoms with Crippen molar-refractivity contribution >= 4 is 18.1 Å². The number of carbonyl (C=O) groups excluding carboxylic acids is 2. The average Bonchev–Trinajstić information content (AvgIpc) is 2.52. The molecule has 0 saturated heterocycles. The van der Waals surface area contributed by atoms with Crippen LogP contribution in [0.3, 0.4) is 0 Å². The van der Waals surface area contributed by atoms with E-state index in [9.17, 15) is 14.0 Å². The topological polar surface area (TPSA) is 67.4 Å². The number of halogens is 1. The van der Waals surface area contributed by atoms with Gasteiger partial charge in [-0.1, -0.05) is 24.3 Å². The summed E-state index contributed by atoms with van der Waals surface area (Å²) < 4.78 is 18.1. The monoisotopic (exact) mass is 376 g/mol. The van der Waals surface area contributed by atoms with Crippen molar-refractivity contribution in [2.45, 2.75) is 52.7 Å². The van der Waals surface area contributed by atoms with Gasteiger partial charge in [-0.2, -0.15) is 0 Å². The number of benzene rings is 1. The van der Waals surface area contributed by atoms with Gasteiger partial charge < -0.3 is 15.4 Å². The first-order valence-electron chi connectivity index (χ1n) is 8.76. The molecule has 0 aliphatic carbocycles. The molecular weight excluding hydrogens is 347 g/mol. The van der Waals surface area contributed by atoms with E-state index in [1.54, 1.807) is 57.2 Å². The Labute approximate surface area is 160 Å². The fourth-order valence-electron chi connectivity index (χ4n) is 1.98. The van der Waals surface area contributed by atoms with Crippen LogP contribution >= 0.6 is 0 Å². The quantitative estimate of drug-likeness (QED) is 0.738. The Kier molecular flexibility index (Phi) is 7.76. The van der Waals surface area contributed by atoms with Crippen molar-refractivity contribution in [2.75, 3.05) is 6.54 Å². The first-order valence-corrected chi connectivity index (χ1v) is 8.76. The number of hydrogen-bond donors (Lipinski definition) is 2. The average molecular weight is 376 g/mol. The van der Waals surface area contributed by atoms with Crippen molar-refractivity contribution in [3.8, 4) is 0 Å². The van der Waals surface area contributed by atoms with Crippen LogP contribution in [0.15, 0.2) is 42.2 Å². The first-order chi connectivity index (χ1) is 12.4. The molecule has 148 valence electrons. The van der Waals surface area contributed by atoms with Crippen molar-refractivity contribution < 1.29 is 18.7 Å². The SMILES string of the molecule is CC(C)(C)NC(=O)c1ccc(C=CC(=CF)CNC(=O)OC(C)(C)C)cc1. The summed E-state index contributed by atoms with van der Waals surface area (Å²) >= 11 is 0. The molecule has 1 aromatic carbocycles. The van der Waals surface area contributed by atoms with Crippen molar-refractivity contribution in [2.24, 2.45) is 0 Å². The molecule has 6 heteroatoms. The van der Waals surface area contributed by atoms with Gasteiger partial charge in [-0.05, 0) is 64.8 Å². The summed E-state index contributed by atoms with van der Waals surface area (Å²) in [5.74, 6) is -0.149. The highest BCUT2D eigenvalue weighted by molar-refractivity contribution is 5.94. The van der Waals surface area contributed by atoms with Gasteiger partial charge in [0.1, 0.15) is 5.60 Å². The van der Waals surface area contributed by atoms with E-state index in [4.69, 9.17) is 4.74 Å². The van der Waals surface area contributed by atoms with Crippen molar-refractivity contribution in [1.29, 1.82) is 0 Å². The molecule has 0 bridgehead atoms. The van der Waals surface area contributed by atoms with Crippen LogP contribution in [0.4, 0.5) is 9.18 Å². The highest BCUT2D eigenvalue weighted by Crippen LogP contribution is 2.11. The predicted molar refractivity (Wildman–Crippen MR) is 106 cm³/mol. The minimum Gasteiger partial charge on any atom is -0.444 e. The summed E-state index contributed by atoms with van der Waals surface area (Å²) in [7, 11) is 0. The molecule has 2 N–H and O–H groups in total. The summed E-state index contributed by atoms with van der Waals surface area (Å²) in [6, 6.07) is 6.95. The molecule has 1 rings (SSSR count). The van der Waals surface area contributed by atoms with Gasteiger partial charge in [-0.25, -0.2) is 9.18 Å². The van der Waals surface area contributed by atoms with Crippen molar-refractivity contribution in [3.63, 3.8) is 0 Å². The molecule has 2 amide bonds. The Balaban J connectivity index is 2.64. The lowest BCUT2D eigenvalue weighted by Crippen LogP contribution is -2.40. The lowest BCUT2D eigenvalue weighted by atomic mass is 10.1. The van der Waals surface area contributed by atoms with E-state index in [1.807, 2.05) is 20.8 Å². The summed E-state index contributed by atoms with van der Waals surface area (Å²) in [6.45, 7) is 11.0. The van der Waals surface area contributed by atoms with Crippen LogP contribution in [-0.2, 0) is 4.74 Å². The zero-order valence-corrected chi connectivity index (χ0v) is 16.9. The Bertz CT molecular complexity index is 708. The number of nitrogens with one attached hydrogen (secondary N) is 2. The second-order valence-corrected chi connectivity index (χ2v) is 8.20. The van der Waals surface area contributed by atoms with Crippen molar-refractivity contribution in [1.82, 2.24) is 10.6 Å². The Morgan fingerprint density at radius 1 is 1.07 bits per heavy atom. The molecule has 0 aromatic heterocycles. The molecule has 0 radical (unpaired) electrons. The van der Waals surface area contributed by atoms with Gasteiger partial charge in [0.15, 0.2) is 0 Å². The zero-order chi connectivity index (χ0) is 20.7. The van der Waals surface area contributed by atoms with E-state index in [2.05, 4.69) is 10.6 Å². The maximum absolute atomic E-state index is 13.0. The number of rotatable bonds is 5. The van der Waals surface area contributed by atoms with Crippen LogP contribution in [-0.4, -0.2) is 29.7 Å². The minimum absolute atomic E-state index is 0.00792. The van der Waals surface area contributed by atoms with E-state index in [0.29, 0.717) is 11.9 Å². The summed E-state index contributed by atoms with van der Waals surface area (Å²) in [4.78, 5) is 23.7. The van der Waals surface area contributed by atoms with Crippen LogP contribution in [0.5, 0.6) is 0 Å². The molecule has 0 aliphatic rings. The van der Waals surface area contributed by atoms with Crippen molar-refractivity contribution in [3.05, 3.63) is 53.4 Å². The summed E-state index contributed by atoms with van der Waals surface area (Å²) in [5, 5.41) is 5.39. The van der Waals surface area contributed by atoms with Gasteiger partial charge >= 0.3 is 6.09 Å². The van der Waals surface area contributed by atoms with E-state index in [1.165, 1.54) is 0 Å². The number of ether oxygens (including phenoxy) is 1. The maximum atomic E-state index is 13.0. The lowest BCUT2D eigenvalue weighted by molar-refractivity contribution is 0.0532. The largest absolute Gasteiger partial charge is 0.444 e. The molecular formula is C21H29FN2O3. The lowest BCUT2D eigenvalue weighted by Gasteiger charge is -2.20. The van der Waals surface area contributed by atoms with Crippen LogP contribution in [0.2, 0.25) is 0 Å². The van der Waals surface area contributed by atoms with Crippen LogP contribution < -0.4 is 10.6 Å². The Morgan fingerprint density at radius 3 is 2.15 bits per heavy atom. The molecule has 0 aliphatic heterocycles. The van der Waals surface area contributed by atoms with Gasteiger partial charge in [-0.15, -0.1) is 0 Å². The molecule has 0 atom stereocenters. The van der Waals surface area contributed by atoms with E-state index < -0.39 is 11.7 Å². The smallest absolute Gasteiger partial charge is 0.407 e. The third kappa shape index (κ3) is 9.58. The van der Waals surface area contributed by atoms with Gasteiger partial charge in [0.25, 0.3) is 5.91 Å². The van der Waals surface area contributed by atoms with Gasteiger partial charge in [-0.3, -0.25) is 4.79 Å². The van der Waals surface area contributed by atoms with E-state index in [-0.39, 0.29) is 23.6 Å². The molecule has 0 spiro atoms. The number of carbonyl (C=O) groups is 2. The normalized spacial score (nSPS) is 12.8. The predicted octanol–water partition coefficient (Wildman–Crippen LogP) is 4.61. The number of amides is 2. The Morgan fingerprint density at radius 2 is 1.67 bits per heavy atom. The molecule has 0 heterocycles. The molecule has 1 aromatic rings. The second kappa shape index (κ2) is 9.35. The number of alkyl carbamates (subject to hydrolysis) is 1. The molecule has 0 fully saturated rings. The standard InChI is InChI=1S/C21H29FN2O3/c1-20(2,3)24-18(25)17-11-9-15(10-12-17)7-8-16(13-22)14-23-19(26)27-21(4,5)6/h7-13H,14H2,1-6H3,(H,23,26)(H,24,25). The fourth-order valence-corrected chi connectivity index (χ4v) is 1.98. The summed E-state index contributed by atoms with van der Waals surface area (Å²) in [5.41, 5.74) is 0.724. The van der Waals surface area contributed by atoms with Crippen LogP contribution in [0.1, 0.15) is 57.5 Å². The van der Waals surface area contributed by atoms with Gasteiger partial charge in [0, 0.05) is 17.6 Å². The van der Waals surface area contributed by atoms with Gasteiger partial charge in [0.2, 0.25) is 0 Å². The highest BCUT2D eigenvalue weighted by atomic mass is 19.1. The molecule has 5 nitrogen and oxygen atoms in total. The van der Waals surface area contributed by atoms with Crippen LogP contribution in [0, 0.1) is 0 Å². The molecule has 0 unspecified atom stereocenters. The molecule has 0 saturated carbocycles. The van der Waals surface area contributed by atoms with E-state index in [0.717, 1.165) is 5.56 Å². The fraction of sp³-hybridized carbons (Fsp3) is 0.429. The minimum atomic E-state index is -0.611. The third-order valence-electron chi connectivity index (χ3n) is 3.13.